The number of nitrogens with zero attached hydrogens (tertiary/aromatic N) is 2. The van der Waals surface area contributed by atoms with Crippen LogP contribution in [0.15, 0.2) is 84.0 Å². The van der Waals surface area contributed by atoms with E-state index in [-0.39, 0.29) is 6.10 Å². The first-order chi connectivity index (χ1) is 13.4. The van der Waals surface area contributed by atoms with E-state index < -0.39 is 0 Å². The van der Waals surface area contributed by atoms with Gasteiger partial charge in [-0.05, 0) is 29.8 Å². The molecule has 132 valence electrons. The summed E-state index contributed by atoms with van der Waals surface area (Å²) in [4.78, 5) is 7.77. The van der Waals surface area contributed by atoms with Crippen molar-refractivity contribution in [3.05, 3.63) is 90.0 Å². The molecule has 1 unspecified atom stereocenters. The van der Waals surface area contributed by atoms with Gasteiger partial charge < -0.3 is 9.72 Å². The van der Waals surface area contributed by atoms with E-state index in [1.807, 2.05) is 66.7 Å². The molecule has 0 aliphatic carbocycles. The maximum atomic E-state index is 6.22. The molecule has 2 N–H and O–H groups in total. The van der Waals surface area contributed by atoms with Crippen molar-refractivity contribution in [2.45, 2.75) is 12.5 Å². The molecule has 4 aromatic rings. The lowest BCUT2D eigenvalue weighted by atomic mass is 9.96. The van der Waals surface area contributed by atoms with Crippen LogP contribution < -0.4 is 10.2 Å². The van der Waals surface area contributed by atoms with E-state index in [0.717, 1.165) is 33.6 Å². The van der Waals surface area contributed by atoms with Crippen molar-refractivity contribution in [2.24, 2.45) is 5.10 Å². The first kappa shape index (κ1) is 15.6. The number of para-hydroxylation sites is 3. The number of ether oxygens (including phenoxy) is 1. The molecule has 1 atom stereocenters. The van der Waals surface area contributed by atoms with Gasteiger partial charge in [-0.3, -0.25) is 0 Å². The molecule has 0 saturated heterocycles. The van der Waals surface area contributed by atoms with Crippen molar-refractivity contribution < 1.29 is 4.74 Å². The predicted molar refractivity (Wildman–Crippen MR) is 107 cm³/mol. The molecule has 0 radical (unpaired) electrons. The van der Waals surface area contributed by atoms with E-state index in [9.17, 15) is 0 Å². The number of hydrogen-bond donors (Lipinski definition) is 2. The van der Waals surface area contributed by atoms with Gasteiger partial charge in [0.2, 0.25) is 5.95 Å². The van der Waals surface area contributed by atoms with E-state index in [4.69, 9.17) is 4.74 Å². The van der Waals surface area contributed by atoms with Crippen LogP contribution in [0.2, 0.25) is 0 Å². The minimum Gasteiger partial charge on any atom is -0.485 e. The van der Waals surface area contributed by atoms with Gasteiger partial charge in [0.25, 0.3) is 0 Å². The quantitative estimate of drug-likeness (QED) is 0.514. The molecule has 5 nitrogen and oxygen atoms in total. The van der Waals surface area contributed by atoms with Crippen molar-refractivity contribution in [2.75, 3.05) is 5.43 Å². The Balaban J connectivity index is 1.48. The highest BCUT2D eigenvalue weighted by Gasteiger charge is 2.26. The number of anilines is 1. The molecule has 27 heavy (non-hydrogen) atoms. The van der Waals surface area contributed by atoms with E-state index in [1.165, 1.54) is 0 Å². The van der Waals surface area contributed by atoms with Gasteiger partial charge in [-0.15, -0.1) is 0 Å². The maximum Gasteiger partial charge on any atom is 0.222 e. The zero-order chi connectivity index (χ0) is 18.1. The standard InChI is InChI=1S/C22H18N4O/c1-2-8-15(9-3-1)21-14-19(16-10-4-7-13-20(16)27-21)25-26-22-23-17-11-5-6-12-18(17)24-22/h1-13,21H,14H2,(H2,23,24,26)/b25-19-. The topological polar surface area (TPSA) is 62.3 Å². The van der Waals surface area contributed by atoms with Gasteiger partial charge in [-0.1, -0.05) is 54.6 Å². The van der Waals surface area contributed by atoms with Crippen LogP contribution >= 0.6 is 0 Å². The zero-order valence-electron chi connectivity index (χ0n) is 14.6. The summed E-state index contributed by atoms with van der Waals surface area (Å²) >= 11 is 0. The van der Waals surface area contributed by atoms with E-state index >= 15 is 0 Å². The number of aromatic amines is 1. The van der Waals surface area contributed by atoms with E-state index in [0.29, 0.717) is 12.4 Å². The van der Waals surface area contributed by atoms with Gasteiger partial charge in [0.05, 0.1) is 16.7 Å². The second kappa shape index (κ2) is 6.61. The van der Waals surface area contributed by atoms with Gasteiger partial charge in [0.15, 0.2) is 0 Å². The maximum absolute atomic E-state index is 6.22. The van der Waals surface area contributed by atoms with Gasteiger partial charge in [0, 0.05) is 12.0 Å². The molecule has 2 heterocycles. The Morgan fingerprint density at radius 3 is 2.59 bits per heavy atom. The summed E-state index contributed by atoms with van der Waals surface area (Å²) in [6.45, 7) is 0. The normalized spacial score (nSPS) is 17.5. The minimum absolute atomic E-state index is 0.0580. The minimum atomic E-state index is -0.0580. The second-order valence-corrected chi connectivity index (χ2v) is 6.49. The Labute approximate surface area is 156 Å². The fourth-order valence-corrected chi connectivity index (χ4v) is 3.37. The first-order valence-corrected chi connectivity index (χ1v) is 8.95. The Morgan fingerprint density at radius 2 is 1.70 bits per heavy atom. The number of fused-ring (bicyclic) bond motifs is 2. The first-order valence-electron chi connectivity index (χ1n) is 8.95. The number of benzene rings is 3. The van der Waals surface area contributed by atoms with Crippen molar-refractivity contribution in [1.29, 1.82) is 0 Å². The van der Waals surface area contributed by atoms with Crippen LogP contribution in [0.3, 0.4) is 0 Å². The largest absolute Gasteiger partial charge is 0.485 e. The molecule has 1 aliphatic rings. The Kier molecular flexibility index (Phi) is 3.83. The number of imidazole rings is 1. The highest BCUT2D eigenvalue weighted by molar-refractivity contribution is 6.04. The molecule has 0 fully saturated rings. The summed E-state index contributed by atoms with van der Waals surface area (Å²) in [6, 6.07) is 26.2. The molecule has 0 bridgehead atoms. The lowest BCUT2D eigenvalue weighted by Gasteiger charge is -2.27. The van der Waals surface area contributed by atoms with Gasteiger partial charge >= 0.3 is 0 Å². The average Bonchev–Trinajstić information content (AvgIpc) is 3.15. The molecule has 5 rings (SSSR count). The van der Waals surface area contributed by atoms with Crippen molar-refractivity contribution in [3.8, 4) is 5.75 Å². The third-order valence-electron chi connectivity index (χ3n) is 4.70. The summed E-state index contributed by atoms with van der Waals surface area (Å²) in [7, 11) is 0. The summed E-state index contributed by atoms with van der Waals surface area (Å²) in [5.41, 5.74) is 8.08. The molecule has 0 spiro atoms. The smallest absolute Gasteiger partial charge is 0.222 e. The monoisotopic (exact) mass is 354 g/mol. The van der Waals surface area contributed by atoms with Gasteiger partial charge in [-0.2, -0.15) is 5.10 Å². The zero-order valence-corrected chi connectivity index (χ0v) is 14.6. The van der Waals surface area contributed by atoms with Crippen LogP contribution in [0.1, 0.15) is 23.7 Å². The Hall–Kier alpha value is -3.60. The fourth-order valence-electron chi connectivity index (χ4n) is 3.37. The summed E-state index contributed by atoms with van der Waals surface area (Å²) in [6.07, 6.45) is 0.631. The van der Waals surface area contributed by atoms with Crippen LogP contribution in [0.4, 0.5) is 5.95 Å². The molecule has 0 amide bonds. The van der Waals surface area contributed by atoms with Crippen LogP contribution in [-0.4, -0.2) is 15.7 Å². The fraction of sp³-hybridized carbons (Fsp3) is 0.0909. The number of hydrogen-bond acceptors (Lipinski definition) is 4. The van der Waals surface area contributed by atoms with E-state index in [2.05, 4.69) is 32.6 Å². The third kappa shape index (κ3) is 3.04. The summed E-state index contributed by atoms with van der Waals surface area (Å²) < 4.78 is 6.22. The number of aromatic nitrogens is 2. The number of H-pyrrole nitrogens is 1. The molecule has 5 heteroatoms. The average molecular weight is 354 g/mol. The third-order valence-corrected chi connectivity index (χ3v) is 4.70. The number of rotatable bonds is 3. The van der Waals surface area contributed by atoms with Crippen molar-refractivity contribution in [1.82, 2.24) is 9.97 Å². The predicted octanol–water partition coefficient (Wildman–Crippen LogP) is 4.90. The summed E-state index contributed by atoms with van der Waals surface area (Å²) in [5, 5.41) is 4.66. The van der Waals surface area contributed by atoms with Gasteiger partial charge in [-0.25, -0.2) is 10.4 Å². The van der Waals surface area contributed by atoms with Gasteiger partial charge in [0.1, 0.15) is 11.9 Å². The summed E-state index contributed by atoms with van der Waals surface area (Å²) in [5.74, 6) is 1.48. The highest BCUT2D eigenvalue weighted by Crippen LogP contribution is 2.35. The van der Waals surface area contributed by atoms with E-state index in [1.54, 1.807) is 0 Å². The molecular formula is C22H18N4O. The number of hydrazone groups is 1. The van der Waals surface area contributed by atoms with Crippen LogP contribution in [-0.2, 0) is 0 Å². The molecule has 3 aromatic carbocycles. The molecule has 1 aliphatic heterocycles. The van der Waals surface area contributed by atoms with Crippen LogP contribution in [0.5, 0.6) is 5.75 Å². The lowest BCUT2D eigenvalue weighted by molar-refractivity contribution is 0.206. The number of nitrogens with one attached hydrogen (secondary N) is 2. The second-order valence-electron chi connectivity index (χ2n) is 6.49. The lowest BCUT2D eigenvalue weighted by Crippen LogP contribution is -2.21. The Morgan fingerprint density at radius 1 is 0.926 bits per heavy atom. The van der Waals surface area contributed by atoms with Crippen molar-refractivity contribution >= 4 is 22.7 Å². The van der Waals surface area contributed by atoms with Crippen LogP contribution in [0, 0.1) is 0 Å². The molecular weight excluding hydrogens is 336 g/mol. The van der Waals surface area contributed by atoms with Crippen LogP contribution in [0.25, 0.3) is 11.0 Å². The van der Waals surface area contributed by atoms with Crippen molar-refractivity contribution in [3.63, 3.8) is 0 Å². The SMILES string of the molecule is c1ccc(C2C/C(=N/Nc3nc4ccccc4[nH]3)c3ccccc3O2)cc1. The Bertz CT molecular complexity index is 1080. The molecule has 0 saturated carbocycles. The highest BCUT2D eigenvalue weighted by atomic mass is 16.5. The molecule has 1 aromatic heterocycles.